The van der Waals surface area contributed by atoms with Gasteiger partial charge in [-0.25, -0.2) is 0 Å². The molecule has 85 valence electrons. The smallest absolute Gasteiger partial charge is 0.225 e. The van der Waals surface area contributed by atoms with E-state index in [0.717, 1.165) is 51.9 Å². The van der Waals surface area contributed by atoms with Crippen molar-refractivity contribution in [3.63, 3.8) is 0 Å². The minimum Gasteiger partial charge on any atom is -0.342 e. The molecule has 0 aromatic carbocycles. The van der Waals surface area contributed by atoms with Crippen LogP contribution >= 0.6 is 0 Å². The summed E-state index contributed by atoms with van der Waals surface area (Å²) in [6, 6.07) is 0. The second-order valence-corrected chi connectivity index (χ2v) is 4.77. The summed E-state index contributed by atoms with van der Waals surface area (Å²) in [7, 11) is 2.14. The van der Waals surface area contributed by atoms with Gasteiger partial charge in [-0.05, 0) is 52.2 Å². The Morgan fingerprint density at radius 2 is 1.73 bits per heavy atom. The van der Waals surface area contributed by atoms with Crippen LogP contribution in [0.5, 0.6) is 0 Å². The van der Waals surface area contributed by atoms with Crippen LogP contribution in [-0.4, -0.2) is 48.9 Å². The Hall–Kier alpha value is -0.570. The molecule has 15 heavy (non-hydrogen) atoms. The maximum atomic E-state index is 12.2. The number of hydrogen-bond acceptors (Lipinski definition) is 2. The molecule has 1 amide bonds. The fourth-order valence-electron chi connectivity index (χ4n) is 2.48. The lowest BCUT2D eigenvalue weighted by atomic mass is 9.95. The molecule has 0 aromatic rings. The first-order chi connectivity index (χ1) is 7.27. The van der Waals surface area contributed by atoms with Crippen molar-refractivity contribution in [3.05, 3.63) is 6.42 Å². The van der Waals surface area contributed by atoms with Gasteiger partial charge in [0, 0.05) is 19.0 Å². The monoisotopic (exact) mass is 209 g/mol. The van der Waals surface area contributed by atoms with Gasteiger partial charge in [0.2, 0.25) is 5.91 Å². The SMILES string of the molecule is CN1CCC(C(=O)N2CC[CH]CC2)CC1. The first-order valence-corrected chi connectivity index (χ1v) is 6.06. The number of nitrogens with zero attached hydrogens (tertiary/aromatic N) is 2. The number of hydrogen-bond donors (Lipinski definition) is 0. The van der Waals surface area contributed by atoms with Gasteiger partial charge < -0.3 is 9.80 Å². The highest BCUT2D eigenvalue weighted by atomic mass is 16.2. The van der Waals surface area contributed by atoms with Gasteiger partial charge >= 0.3 is 0 Å². The van der Waals surface area contributed by atoms with Crippen molar-refractivity contribution < 1.29 is 4.79 Å². The van der Waals surface area contributed by atoms with Gasteiger partial charge in [0.1, 0.15) is 0 Å². The van der Waals surface area contributed by atoms with Crippen LogP contribution in [-0.2, 0) is 4.79 Å². The first-order valence-electron chi connectivity index (χ1n) is 6.06. The van der Waals surface area contributed by atoms with Crippen molar-refractivity contribution in [2.45, 2.75) is 25.7 Å². The molecule has 0 atom stereocenters. The topological polar surface area (TPSA) is 23.6 Å². The van der Waals surface area contributed by atoms with E-state index in [-0.39, 0.29) is 0 Å². The Balaban J connectivity index is 1.84. The van der Waals surface area contributed by atoms with Gasteiger partial charge in [-0.1, -0.05) is 0 Å². The van der Waals surface area contributed by atoms with Crippen molar-refractivity contribution in [1.82, 2.24) is 9.80 Å². The predicted molar refractivity (Wildman–Crippen MR) is 60.3 cm³/mol. The number of amides is 1. The molecular weight excluding hydrogens is 188 g/mol. The molecule has 0 N–H and O–H groups in total. The molecule has 2 aliphatic heterocycles. The van der Waals surface area contributed by atoms with E-state index in [4.69, 9.17) is 0 Å². The van der Waals surface area contributed by atoms with Gasteiger partial charge in [-0.2, -0.15) is 0 Å². The molecule has 0 spiro atoms. The Kier molecular flexibility index (Phi) is 3.62. The van der Waals surface area contributed by atoms with Gasteiger partial charge in [0.15, 0.2) is 0 Å². The summed E-state index contributed by atoms with van der Waals surface area (Å²) in [5.41, 5.74) is 0. The average Bonchev–Trinajstić information content (AvgIpc) is 2.30. The zero-order chi connectivity index (χ0) is 10.7. The number of likely N-dealkylation sites (tertiary alicyclic amines) is 2. The minimum atomic E-state index is 0.305. The molecule has 3 nitrogen and oxygen atoms in total. The van der Waals surface area contributed by atoms with Crippen LogP contribution in [0, 0.1) is 12.3 Å². The van der Waals surface area contributed by atoms with E-state index >= 15 is 0 Å². The van der Waals surface area contributed by atoms with E-state index in [1.165, 1.54) is 0 Å². The second-order valence-electron chi connectivity index (χ2n) is 4.77. The second kappa shape index (κ2) is 4.97. The van der Waals surface area contributed by atoms with Gasteiger partial charge in [0.05, 0.1) is 0 Å². The summed E-state index contributed by atoms with van der Waals surface area (Å²) in [5, 5.41) is 0. The average molecular weight is 209 g/mol. The van der Waals surface area contributed by atoms with E-state index in [0.29, 0.717) is 11.8 Å². The molecular formula is C12H21N2O. The molecule has 2 fully saturated rings. The van der Waals surface area contributed by atoms with Gasteiger partial charge in [0.25, 0.3) is 0 Å². The normalized spacial score (nSPS) is 25.5. The Morgan fingerprint density at radius 3 is 2.33 bits per heavy atom. The van der Waals surface area contributed by atoms with Crippen LogP contribution in [0.4, 0.5) is 0 Å². The fraction of sp³-hybridized carbons (Fsp3) is 0.833. The molecule has 2 rings (SSSR count). The molecule has 0 unspecified atom stereocenters. The van der Waals surface area contributed by atoms with Crippen LogP contribution < -0.4 is 0 Å². The highest BCUT2D eigenvalue weighted by Gasteiger charge is 2.27. The summed E-state index contributed by atoms with van der Waals surface area (Å²) in [6.45, 7) is 4.06. The van der Waals surface area contributed by atoms with Crippen LogP contribution in [0.2, 0.25) is 0 Å². The summed E-state index contributed by atoms with van der Waals surface area (Å²) in [5.74, 6) is 0.718. The van der Waals surface area contributed by atoms with Gasteiger partial charge in [-0.3, -0.25) is 4.79 Å². The Bertz CT molecular complexity index is 216. The molecule has 0 bridgehead atoms. The third-order valence-electron chi connectivity index (χ3n) is 3.59. The standard InChI is InChI=1S/C12H21N2O/c1-13-9-5-11(6-10-13)12(15)14-7-3-2-4-8-14/h2,11H,3-10H2,1H3. The number of carbonyl (C=O) groups excluding carboxylic acids is 1. The van der Waals surface area contributed by atoms with Gasteiger partial charge in [-0.15, -0.1) is 0 Å². The molecule has 0 saturated carbocycles. The minimum absolute atomic E-state index is 0.305. The van der Waals surface area contributed by atoms with E-state index in [1.807, 2.05) is 0 Å². The third-order valence-corrected chi connectivity index (χ3v) is 3.59. The van der Waals surface area contributed by atoms with Crippen molar-refractivity contribution in [2.75, 3.05) is 33.2 Å². The van der Waals surface area contributed by atoms with E-state index in [1.54, 1.807) is 0 Å². The lowest BCUT2D eigenvalue weighted by Gasteiger charge is -2.34. The summed E-state index contributed by atoms with van der Waals surface area (Å²) >= 11 is 0. The summed E-state index contributed by atoms with van der Waals surface area (Å²) < 4.78 is 0. The van der Waals surface area contributed by atoms with Crippen LogP contribution in [0.1, 0.15) is 25.7 Å². The van der Waals surface area contributed by atoms with E-state index in [2.05, 4.69) is 23.3 Å². The highest BCUT2D eigenvalue weighted by molar-refractivity contribution is 5.79. The first kappa shape index (κ1) is 10.9. The molecule has 0 aliphatic carbocycles. The quantitative estimate of drug-likeness (QED) is 0.647. The number of rotatable bonds is 1. The van der Waals surface area contributed by atoms with Crippen LogP contribution in [0.3, 0.4) is 0 Å². The largest absolute Gasteiger partial charge is 0.342 e. The van der Waals surface area contributed by atoms with Crippen molar-refractivity contribution >= 4 is 5.91 Å². The van der Waals surface area contributed by atoms with Crippen LogP contribution in [0.15, 0.2) is 0 Å². The molecule has 2 heterocycles. The fourth-order valence-corrected chi connectivity index (χ4v) is 2.48. The van der Waals surface area contributed by atoms with E-state index in [9.17, 15) is 4.79 Å². The molecule has 0 aromatic heterocycles. The zero-order valence-electron chi connectivity index (χ0n) is 9.61. The summed E-state index contributed by atoms with van der Waals surface area (Å²) in [6.07, 6.45) is 6.56. The zero-order valence-corrected chi connectivity index (χ0v) is 9.61. The molecule has 2 saturated heterocycles. The van der Waals surface area contributed by atoms with Crippen molar-refractivity contribution in [1.29, 1.82) is 0 Å². The maximum Gasteiger partial charge on any atom is 0.225 e. The van der Waals surface area contributed by atoms with Crippen molar-refractivity contribution in [2.24, 2.45) is 5.92 Å². The highest BCUT2D eigenvalue weighted by Crippen LogP contribution is 2.20. The lowest BCUT2D eigenvalue weighted by molar-refractivity contribution is -0.137. The number of piperidine rings is 2. The number of carbonyl (C=O) groups is 1. The third kappa shape index (κ3) is 2.71. The predicted octanol–water partition coefficient (Wildman–Crippen LogP) is 1.15. The molecule has 2 aliphatic rings. The summed E-state index contributed by atoms with van der Waals surface area (Å²) in [4.78, 5) is 16.5. The maximum absolute atomic E-state index is 12.2. The van der Waals surface area contributed by atoms with E-state index < -0.39 is 0 Å². The molecule has 1 radical (unpaired) electrons. The Labute approximate surface area is 92.4 Å². The lowest BCUT2D eigenvalue weighted by Crippen LogP contribution is -2.43. The Morgan fingerprint density at radius 1 is 1.13 bits per heavy atom. The molecule has 3 heteroatoms. The van der Waals surface area contributed by atoms with Crippen molar-refractivity contribution in [3.8, 4) is 0 Å². The van der Waals surface area contributed by atoms with Crippen LogP contribution in [0.25, 0.3) is 0 Å².